The molecule has 1 aromatic heterocycles. The molecule has 3 aromatic rings. The van der Waals surface area contributed by atoms with Crippen molar-refractivity contribution < 1.29 is 28.2 Å². The van der Waals surface area contributed by atoms with Gasteiger partial charge in [0.1, 0.15) is 28.8 Å². The van der Waals surface area contributed by atoms with E-state index in [4.69, 9.17) is 27.2 Å². The van der Waals surface area contributed by atoms with E-state index >= 15 is 0 Å². The standard InChI is InChI=1S/C26H28ClF2N5O4/c27-23-17(30)12-16(28)22(24(23)29)26(37)34-18-4-2-1-3-7-31-19-10-14(11-21(36)38-9-8-35)5-6-15(19)20-13-32-25(18)33-20/h5-6,10,12-13,18,31,35H,1-4,7-9,11,30H2,(H,32,33)(H,34,37)/t18-/m0/s1. The summed E-state index contributed by atoms with van der Waals surface area (Å²) < 4.78 is 34.0. The Hall–Kier alpha value is -3.70. The molecule has 0 aliphatic carbocycles. The minimum atomic E-state index is -1.22. The molecule has 9 nitrogen and oxygen atoms in total. The van der Waals surface area contributed by atoms with Gasteiger partial charge in [0, 0.05) is 17.8 Å². The van der Waals surface area contributed by atoms with Gasteiger partial charge in [-0.1, -0.05) is 36.6 Å². The lowest BCUT2D eigenvalue weighted by Crippen LogP contribution is -2.31. The summed E-state index contributed by atoms with van der Waals surface area (Å²) in [6.07, 6.45) is 4.54. The topological polar surface area (TPSA) is 142 Å². The van der Waals surface area contributed by atoms with Crippen LogP contribution in [0.3, 0.4) is 0 Å². The Bertz CT molecular complexity index is 1330. The molecule has 1 amide bonds. The second-order valence-electron chi connectivity index (χ2n) is 8.94. The molecular formula is C26H28ClF2N5O4. The molecule has 0 saturated heterocycles. The Balaban J connectivity index is 1.60. The number of nitrogens with two attached hydrogens (primary N) is 1. The number of imidazole rings is 1. The van der Waals surface area contributed by atoms with Crippen molar-refractivity contribution in [2.75, 3.05) is 30.8 Å². The van der Waals surface area contributed by atoms with Crippen LogP contribution in [0, 0.1) is 11.6 Å². The number of nitrogens with one attached hydrogen (secondary N) is 3. The van der Waals surface area contributed by atoms with Crippen molar-refractivity contribution in [3.05, 3.63) is 64.1 Å². The minimum absolute atomic E-state index is 0.0543. The van der Waals surface area contributed by atoms with Gasteiger partial charge >= 0.3 is 5.97 Å². The van der Waals surface area contributed by atoms with Gasteiger partial charge in [-0.25, -0.2) is 13.8 Å². The number of aliphatic hydroxyl groups excluding tert-OH is 1. The summed E-state index contributed by atoms with van der Waals surface area (Å²) in [4.78, 5) is 32.5. The number of aromatic amines is 1. The molecule has 2 heterocycles. The third-order valence-electron chi connectivity index (χ3n) is 6.21. The Morgan fingerprint density at radius 3 is 2.84 bits per heavy atom. The van der Waals surface area contributed by atoms with Gasteiger partial charge in [0.2, 0.25) is 0 Å². The van der Waals surface area contributed by atoms with Gasteiger partial charge in [0.05, 0.1) is 36.6 Å². The van der Waals surface area contributed by atoms with Crippen LogP contribution in [-0.4, -0.2) is 46.7 Å². The number of nitrogen functional groups attached to an aromatic ring is 1. The zero-order valence-electron chi connectivity index (χ0n) is 20.5. The molecule has 6 N–H and O–H groups in total. The summed E-state index contributed by atoms with van der Waals surface area (Å²) in [6, 6.07) is 5.68. The van der Waals surface area contributed by atoms with Gasteiger partial charge in [0.15, 0.2) is 5.82 Å². The highest BCUT2D eigenvalue weighted by molar-refractivity contribution is 6.33. The number of anilines is 2. The van der Waals surface area contributed by atoms with Crippen molar-refractivity contribution in [2.24, 2.45) is 0 Å². The van der Waals surface area contributed by atoms with Crippen LogP contribution in [0.2, 0.25) is 5.02 Å². The largest absolute Gasteiger partial charge is 0.463 e. The molecule has 12 heteroatoms. The summed E-state index contributed by atoms with van der Waals surface area (Å²) in [5.74, 6) is -3.29. The number of aliphatic hydroxyl groups is 1. The van der Waals surface area contributed by atoms with Gasteiger partial charge in [-0.05, 0) is 30.5 Å². The summed E-state index contributed by atoms with van der Waals surface area (Å²) >= 11 is 5.80. The minimum Gasteiger partial charge on any atom is -0.463 e. The molecule has 0 unspecified atom stereocenters. The van der Waals surface area contributed by atoms with Crippen molar-refractivity contribution in [3.63, 3.8) is 0 Å². The number of H-pyrrole nitrogens is 1. The first-order valence-electron chi connectivity index (χ1n) is 12.2. The summed E-state index contributed by atoms with van der Waals surface area (Å²) in [7, 11) is 0. The van der Waals surface area contributed by atoms with Gasteiger partial charge < -0.3 is 31.2 Å². The monoisotopic (exact) mass is 547 g/mol. The van der Waals surface area contributed by atoms with Gasteiger partial charge in [-0.3, -0.25) is 9.59 Å². The number of esters is 1. The SMILES string of the molecule is Nc1cc(F)c(C(=O)N[C@H]2CCCCCNc3cc(CC(=O)OCCO)ccc3-c3cnc2[nH]3)c(F)c1Cl. The van der Waals surface area contributed by atoms with Gasteiger partial charge in [0.25, 0.3) is 5.91 Å². The fraction of sp³-hybridized carbons (Fsp3) is 0.346. The lowest BCUT2D eigenvalue weighted by molar-refractivity contribution is -0.143. The van der Waals surface area contributed by atoms with Crippen LogP contribution in [0.25, 0.3) is 11.3 Å². The van der Waals surface area contributed by atoms with Crippen LogP contribution in [0.4, 0.5) is 20.2 Å². The van der Waals surface area contributed by atoms with Crippen LogP contribution in [-0.2, 0) is 16.0 Å². The Morgan fingerprint density at radius 1 is 1.24 bits per heavy atom. The van der Waals surface area contributed by atoms with Crippen LogP contribution in [0.1, 0.15) is 53.5 Å². The lowest BCUT2D eigenvalue weighted by Gasteiger charge is -2.19. The fourth-order valence-corrected chi connectivity index (χ4v) is 4.46. The van der Waals surface area contributed by atoms with Crippen LogP contribution in [0.15, 0.2) is 30.5 Å². The zero-order chi connectivity index (χ0) is 27.2. The number of carbonyl (C=O) groups excluding carboxylic acids is 2. The fourth-order valence-electron chi connectivity index (χ4n) is 4.31. The molecule has 1 aliphatic heterocycles. The molecular weight excluding hydrogens is 520 g/mol. The Labute approximate surface area is 222 Å². The third kappa shape index (κ3) is 6.22. The van der Waals surface area contributed by atoms with E-state index in [0.717, 1.165) is 42.1 Å². The highest BCUT2D eigenvalue weighted by Crippen LogP contribution is 2.32. The second kappa shape index (κ2) is 12.2. The number of benzene rings is 2. The van der Waals surface area contributed by atoms with Crippen molar-refractivity contribution >= 4 is 34.9 Å². The lowest BCUT2D eigenvalue weighted by atomic mass is 10.0. The molecule has 1 atom stereocenters. The number of nitrogens with zero attached hydrogens (tertiary/aromatic N) is 1. The first-order valence-corrected chi connectivity index (χ1v) is 12.6. The van der Waals surface area contributed by atoms with Crippen molar-refractivity contribution in [1.82, 2.24) is 15.3 Å². The number of carbonyl (C=O) groups is 2. The Kier molecular flexibility index (Phi) is 8.80. The van der Waals surface area contributed by atoms with Crippen LogP contribution < -0.4 is 16.4 Å². The van der Waals surface area contributed by atoms with E-state index < -0.39 is 40.1 Å². The smallest absolute Gasteiger partial charge is 0.310 e. The summed E-state index contributed by atoms with van der Waals surface area (Å²) in [5, 5.41) is 14.4. The molecule has 0 fully saturated rings. The van der Waals surface area contributed by atoms with Crippen molar-refractivity contribution in [3.8, 4) is 11.3 Å². The van der Waals surface area contributed by atoms with E-state index in [9.17, 15) is 18.4 Å². The van der Waals surface area contributed by atoms with E-state index in [1.807, 2.05) is 12.1 Å². The van der Waals surface area contributed by atoms with E-state index in [-0.39, 0.29) is 25.3 Å². The highest BCUT2D eigenvalue weighted by atomic mass is 35.5. The quantitative estimate of drug-likeness (QED) is 0.177. The molecule has 38 heavy (non-hydrogen) atoms. The molecule has 0 radical (unpaired) electrons. The Morgan fingerprint density at radius 2 is 2.05 bits per heavy atom. The molecule has 0 spiro atoms. The zero-order valence-corrected chi connectivity index (χ0v) is 21.2. The molecule has 2 bridgehead atoms. The predicted octanol–water partition coefficient (Wildman–Crippen LogP) is 4.13. The number of halogens is 3. The average Bonchev–Trinajstić information content (AvgIpc) is 3.37. The van der Waals surface area contributed by atoms with Crippen LogP contribution >= 0.6 is 11.6 Å². The van der Waals surface area contributed by atoms with Gasteiger partial charge in [-0.2, -0.15) is 0 Å². The van der Waals surface area contributed by atoms with Crippen LogP contribution in [0.5, 0.6) is 0 Å². The number of rotatable bonds is 6. The number of fused-ring (bicyclic) bond motifs is 4. The molecule has 0 saturated carbocycles. The normalized spacial score (nSPS) is 15.4. The predicted molar refractivity (Wildman–Crippen MR) is 139 cm³/mol. The van der Waals surface area contributed by atoms with Crippen molar-refractivity contribution in [2.45, 2.75) is 38.1 Å². The number of aromatic nitrogens is 2. The maximum Gasteiger partial charge on any atom is 0.310 e. The highest BCUT2D eigenvalue weighted by Gasteiger charge is 2.26. The van der Waals surface area contributed by atoms with E-state index in [1.54, 1.807) is 12.3 Å². The number of hydrogen-bond acceptors (Lipinski definition) is 7. The third-order valence-corrected chi connectivity index (χ3v) is 6.59. The average molecular weight is 548 g/mol. The van der Waals surface area contributed by atoms with Crippen molar-refractivity contribution in [1.29, 1.82) is 0 Å². The maximum absolute atomic E-state index is 14.6. The number of amides is 1. The van der Waals surface area contributed by atoms with E-state index in [0.29, 0.717) is 24.5 Å². The number of hydrogen-bond donors (Lipinski definition) is 5. The first-order chi connectivity index (χ1) is 18.3. The molecule has 1 aliphatic rings. The summed E-state index contributed by atoms with van der Waals surface area (Å²) in [5.41, 5.74) is 7.38. The van der Waals surface area contributed by atoms with Gasteiger partial charge in [-0.15, -0.1) is 0 Å². The maximum atomic E-state index is 14.6. The van der Waals surface area contributed by atoms with E-state index in [2.05, 4.69) is 20.6 Å². The first kappa shape index (κ1) is 27.3. The second-order valence-corrected chi connectivity index (χ2v) is 9.31. The molecule has 202 valence electrons. The number of ether oxygens (including phenoxy) is 1. The van der Waals surface area contributed by atoms with E-state index in [1.165, 1.54) is 0 Å². The molecule has 4 rings (SSSR count). The summed E-state index contributed by atoms with van der Waals surface area (Å²) in [6.45, 7) is 0.379. The molecule has 2 aromatic carbocycles.